The SMILES string of the molecule is CC(C(O)Nc1cc(NC(=O)c2ccc(-c3cccc(F)c3)nc2)ccc1OC(F)(F)F)N1CCOCC1. The van der Waals surface area contributed by atoms with Crippen molar-refractivity contribution in [1.29, 1.82) is 0 Å². The molecular formula is C26H26F4N4O4. The third-order valence-electron chi connectivity index (χ3n) is 5.99. The van der Waals surface area contributed by atoms with Gasteiger partial charge in [-0.3, -0.25) is 14.7 Å². The highest BCUT2D eigenvalue weighted by Crippen LogP contribution is 2.33. The van der Waals surface area contributed by atoms with E-state index in [0.29, 0.717) is 37.6 Å². The molecule has 2 unspecified atom stereocenters. The molecule has 1 amide bonds. The van der Waals surface area contributed by atoms with Gasteiger partial charge in [0.1, 0.15) is 12.0 Å². The first kappa shape index (κ1) is 27.3. The maximum Gasteiger partial charge on any atom is 0.573 e. The number of rotatable bonds is 8. The van der Waals surface area contributed by atoms with Crippen molar-refractivity contribution in [1.82, 2.24) is 9.88 Å². The summed E-state index contributed by atoms with van der Waals surface area (Å²) in [5.41, 5.74) is 1.18. The van der Waals surface area contributed by atoms with Gasteiger partial charge in [-0.05, 0) is 49.4 Å². The van der Waals surface area contributed by atoms with Gasteiger partial charge in [-0.15, -0.1) is 13.2 Å². The summed E-state index contributed by atoms with van der Waals surface area (Å²) in [7, 11) is 0. The second kappa shape index (κ2) is 11.8. The number of benzene rings is 2. The number of morpholine rings is 1. The standard InChI is InChI=1S/C26H26F4N4O4/c1-16(34-9-11-37-12-10-34)24(35)33-22-14-20(6-8-23(22)38-26(28,29)30)32-25(36)18-5-7-21(31-15-18)17-3-2-4-19(27)13-17/h2-8,13-16,24,33,35H,9-12H2,1H3,(H,32,36). The number of ether oxygens (including phenoxy) is 2. The van der Waals surface area contributed by atoms with Crippen LogP contribution in [0, 0.1) is 5.82 Å². The Morgan fingerprint density at radius 3 is 2.55 bits per heavy atom. The van der Waals surface area contributed by atoms with Crippen molar-refractivity contribution in [2.24, 2.45) is 0 Å². The number of pyridine rings is 1. The number of aliphatic hydroxyl groups excluding tert-OH is 1. The highest BCUT2D eigenvalue weighted by molar-refractivity contribution is 6.04. The molecule has 3 aromatic rings. The van der Waals surface area contributed by atoms with Gasteiger partial charge in [0.25, 0.3) is 5.91 Å². The lowest BCUT2D eigenvalue weighted by atomic mass is 10.1. The molecule has 0 saturated carbocycles. The first-order chi connectivity index (χ1) is 18.1. The van der Waals surface area contributed by atoms with Crippen LogP contribution in [0.1, 0.15) is 17.3 Å². The Kier molecular flexibility index (Phi) is 8.45. The minimum absolute atomic E-state index is 0.160. The van der Waals surface area contributed by atoms with E-state index in [1.165, 1.54) is 36.5 Å². The molecular weight excluding hydrogens is 508 g/mol. The first-order valence-electron chi connectivity index (χ1n) is 11.8. The molecule has 202 valence electrons. The van der Waals surface area contributed by atoms with Crippen molar-refractivity contribution < 1.29 is 36.9 Å². The Hall–Kier alpha value is -3.74. The second-order valence-electron chi connectivity index (χ2n) is 8.63. The van der Waals surface area contributed by atoms with Gasteiger partial charge in [-0.1, -0.05) is 12.1 Å². The van der Waals surface area contributed by atoms with Gasteiger partial charge in [-0.25, -0.2) is 4.39 Å². The van der Waals surface area contributed by atoms with Crippen LogP contribution < -0.4 is 15.4 Å². The summed E-state index contributed by atoms with van der Waals surface area (Å²) in [6.07, 6.45) is -4.89. The summed E-state index contributed by atoms with van der Waals surface area (Å²) >= 11 is 0. The average Bonchev–Trinajstić information content (AvgIpc) is 2.89. The molecule has 0 spiro atoms. The minimum Gasteiger partial charge on any atom is -0.404 e. The quantitative estimate of drug-likeness (QED) is 0.290. The summed E-state index contributed by atoms with van der Waals surface area (Å²) in [5, 5.41) is 16.0. The molecule has 2 aromatic carbocycles. The highest BCUT2D eigenvalue weighted by Gasteiger charge is 2.33. The molecule has 2 atom stereocenters. The van der Waals surface area contributed by atoms with E-state index in [1.54, 1.807) is 25.1 Å². The van der Waals surface area contributed by atoms with Crippen LogP contribution in [0.25, 0.3) is 11.3 Å². The molecule has 3 N–H and O–H groups in total. The first-order valence-corrected chi connectivity index (χ1v) is 11.8. The Labute approximate surface area is 216 Å². The number of halogens is 4. The largest absolute Gasteiger partial charge is 0.573 e. The van der Waals surface area contributed by atoms with E-state index < -0.39 is 36.1 Å². The molecule has 2 heterocycles. The number of anilines is 2. The number of nitrogens with one attached hydrogen (secondary N) is 2. The molecule has 0 aliphatic carbocycles. The van der Waals surface area contributed by atoms with Gasteiger partial charge in [0.2, 0.25) is 0 Å². The zero-order valence-electron chi connectivity index (χ0n) is 20.3. The number of aliphatic hydroxyl groups is 1. The molecule has 0 radical (unpaired) electrons. The highest BCUT2D eigenvalue weighted by atomic mass is 19.4. The van der Waals surface area contributed by atoms with Crippen molar-refractivity contribution in [2.75, 3.05) is 36.9 Å². The number of aromatic nitrogens is 1. The van der Waals surface area contributed by atoms with E-state index in [-0.39, 0.29) is 16.9 Å². The lowest BCUT2D eigenvalue weighted by molar-refractivity contribution is -0.274. The van der Waals surface area contributed by atoms with Gasteiger partial charge in [0, 0.05) is 30.5 Å². The van der Waals surface area contributed by atoms with Crippen LogP contribution >= 0.6 is 0 Å². The van der Waals surface area contributed by atoms with Crippen molar-refractivity contribution >= 4 is 17.3 Å². The molecule has 1 aromatic heterocycles. The smallest absolute Gasteiger partial charge is 0.404 e. The number of alkyl halides is 3. The molecule has 1 saturated heterocycles. The fourth-order valence-electron chi connectivity index (χ4n) is 3.95. The monoisotopic (exact) mass is 534 g/mol. The van der Waals surface area contributed by atoms with Crippen molar-refractivity contribution in [3.63, 3.8) is 0 Å². The number of carbonyl (C=O) groups is 1. The lowest BCUT2D eigenvalue weighted by Crippen LogP contribution is -2.49. The summed E-state index contributed by atoms with van der Waals surface area (Å²) in [6, 6.07) is 12.0. The van der Waals surface area contributed by atoms with Crippen LogP contribution in [0.2, 0.25) is 0 Å². The van der Waals surface area contributed by atoms with Crippen molar-refractivity contribution in [2.45, 2.75) is 25.6 Å². The fraction of sp³-hybridized carbons (Fsp3) is 0.308. The van der Waals surface area contributed by atoms with E-state index in [9.17, 15) is 27.5 Å². The van der Waals surface area contributed by atoms with Crippen LogP contribution in [-0.4, -0.2) is 65.8 Å². The van der Waals surface area contributed by atoms with Crippen LogP contribution in [0.15, 0.2) is 60.8 Å². The van der Waals surface area contributed by atoms with Crippen LogP contribution in [0.4, 0.5) is 28.9 Å². The molecule has 12 heteroatoms. The van der Waals surface area contributed by atoms with Crippen LogP contribution in [-0.2, 0) is 4.74 Å². The van der Waals surface area contributed by atoms with Gasteiger partial charge < -0.3 is 25.2 Å². The number of amides is 1. The molecule has 1 aliphatic heterocycles. The number of hydrogen-bond acceptors (Lipinski definition) is 7. The van der Waals surface area contributed by atoms with Crippen molar-refractivity contribution in [3.8, 4) is 17.0 Å². The average molecular weight is 535 g/mol. The van der Waals surface area contributed by atoms with E-state index in [1.807, 2.05) is 4.90 Å². The number of hydrogen-bond donors (Lipinski definition) is 3. The predicted octanol–water partition coefficient (Wildman–Crippen LogP) is 4.49. The third kappa shape index (κ3) is 7.18. The maximum absolute atomic E-state index is 13.5. The van der Waals surface area contributed by atoms with Gasteiger partial charge in [0.15, 0.2) is 5.75 Å². The molecule has 4 rings (SSSR count). The molecule has 38 heavy (non-hydrogen) atoms. The van der Waals surface area contributed by atoms with Gasteiger partial charge in [0.05, 0.1) is 36.2 Å². The zero-order valence-corrected chi connectivity index (χ0v) is 20.3. The van der Waals surface area contributed by atoms with E-state index in [0.717, 1.165) is 6.07 Å². The number of carbonyl (C=O) groups excluding carboxylic acids is 1. The minimum atomic E-state index is -4.96. The summed E-state index contributed by atoms with van der Waals surface area (Å²) < 4.78 is 61.8. The van der Waals surface area contributed by atoms with E-state index in [2.05, 4.69) is 20.4 Å². The normalized spacial score (nSPS) is 15.9. The number of nitrogens with zero attached hydrogens (tertiary/aromatic N) is 2. The van der Waals surface area contributed by atoms with Crippen LogP contribution in [0.3, 0.4) is 0 Å². The Balaban J connectivity index is 1.50. The lowest BCUT2D eigenvalue weighted by Gasteiger charge is -2.35. The molecule has 8 nitrogen and oxygen atoms in total. The maximum atomic E-state index is 13.5. The van der Waals surface area contributed by atoms with Crippen LogP contribution in [0.5, 0.6) is 5.75 Å². The topological polar surface area (TPSA) is 96.0 Å². The molecule has 0 bridgehead atoms. The molecule has 1 aliphatic rings. The molecule has 1 fully saturated rings. The zero-order chi connectivity index (χ0) is 27.3. The van der Waals surface area contributed by atoms with E-state index >= 15 is 0 Å². The fourth-order valence-corrected chi connectivity index (χ4v) is 3.95. The predicted molar refractivity (Wildman–Crippen MR) is 132 cm³/mol. The Morgan fingerprint density at radius 1 is 1.13 bits per heavy atom. The summed E-state index contributed by atoms with van der Waals surface area (Å²) in [4.78, 5) is 18.9. The van der Waals surface area contributed by atoms with Gasteiger partial charge in [-0.2, -0.15) is 0 Å². The Bertz CT molecular complexity index is 1250. The summed E-state index contributed by atoms with van der Waals surface area (Å²) in [5.74, 6) is -1.55. The Morgan fingerprint density at radius 2 is 1.89 bits per heavy atom. The summed E-state index contributed by atoms with van der Waals surface area (Å²) in [6.45, 7) is 3.83. The van der Waals surface area contributed by atoms with Crippen molar-refractivity contribution in [3.05, 3.63) is 72.2 Å². The van der Waals surface area contributed by atoms with E-state index in [4.69, 9.17) is 4.74 Å². The third-order valence-corrected chi connectivity index (χ3v) is 5.99. The van der Waals surface area contributed by atoms with Gasteiger partial charge >= 0.3 is 6.36 Å². The second-order valence-corrected chi connectivity index (χ2v) is 8.63.